The van der Waals surface area contributed by atoms with Gasteiger partial charge in [-0.1, -0.05) is 66.4 Å². The lowest BCUT2D eigenvalue weighted by Crippen LogP contribution is -2.28. The number of carbonyl (C=O) groups excluding carboxylic acids is 2. The molecule has 0 radical (unpaired) electrons. The van der Waals surface area contributed by atoms with Crippen LogP contribution in [-0.4, -0.2) is 16.0 Å². The fraction of sp³-hybridized carbons (Fsp3) is 0.0870. The predicted octanol–water partition coefficient (Wildman–Crippen LogP) is 5.86. The fourth-order valence-electron chi connectivity index (χ4n) is 3.07. The Balaban J connectivity index is 1.59. The van der Waals surface area contributed by atoms with Crippen LogP contribution in [0.2, 0.25) is 0 Å². The molecule has 0 aliphatic carbocycles. The molecule has 0 saturated carbocycles. The number of thiocarbonyl (C=S) groups is 1. The highest BCUT2D eigenvalue weighted by Gasteiger charge is 2.34. The minimum atomic E-state index is -0.155. The third-order valence-corrected chi connectivity index (χ3v) is 5.93. The molecule has 1 fully saturated rings. The highest BCUT2D eigenvalue weighted by molar-refractivity contribution is 8.27. The Kier molecular flexibility index (Phi) is 5.22. The summed E-state index contributed by atoms with van der Waals surface area (Å²) in [6.45, 7) is 3.49. The molecule has 3 aromatic rings. The number of rotatable bonds is 4. The van der Waals surface area contributed by atoms with Crippen LogP contribution in [0.25, 0.3) is 17.4 Å². The Morgan fingerprint density at radius 1 is 1.07 bits per heavy atom. The number of Topliss-reactive ketones (excluding diaryl/α,β-unsaturated/α-hetero) is 1. The van der Waals surface area contributed by atoms with E-state index in [1.54, 1.807) is 23.1 Å². The molecule has 0 bridgehead atoms. The van der Waals surface area contributed by atoms with Crippen molar-refractivity contribution in [2.24, 2.45) is 0 Å². The van der Waals surface area contributed by atoms with E-state index in [1.807, 2.05) is 55.5 Å². The second-order valence-corrected chi connectivity index (χ2v) is 8.31. The van der Waals surface area contributed by atoms with Crippen molar-refractivity contribution in [2.45, 2.75) is 13.8 Å². The number of nitrogens with zero attached hydrogens (tertiary/aromatic N) is 1. The number of thioether (sulfide) groups is 1. The van der Waals surface area contributed by atoms with Gasteiger partial charge in [0.1, 0.15) is 11.5 Å². The number of benzene rings is 2. The number of hydrogen-bond donors (Lipinski definition) is 0. The van der Waals surface area contributed by atoms with Crippen LogP contribution in [0.1, 0.15) is 28.6 Å². The number of aryl methyl sites for hydroxylation is 1. The van der Waals surface area contributed by atoms with Crippen molar-refractivity contribution >= 4 is 51.8 Å². The predicted molar refractivity (Wildman–Crippen MR) is 121 cm³/mol. The van der Waals surface area contributed by atoms with E-state index >= 15 is 0 Å². The molecule has 4 rings (SSSR count). The SMILES string of the molecule is CC(=O)c1ccc(-c2ccc(/C=C3/SC(=S)N(c4ccccc4C)C3=O)o2)cc1. The van der Waals surface area contributed by atoms with Gasteiger partial charge >= 0.3 is 0 Å². The van der Waals surface area contributed by atoms with Gasteiger partial charge in [-0.25, -0.2) is 0 Å². The largest absolute Gasteiger partial charge is 0.457 e. The molecule has 144 valence electrons. The Morgan fingerprint density at radius 2 is 1.79 bits per heavy atom. The molecule has 4 nitrogen and oxygen atoms in total. The van der Waals surface area contributed by atoms with Crippen molar-refractivity contribution in [3.63, 3.8) is 0 Å². The highest BCUT2D eigenvalue weighted by atomic mass is 32.2. The van der Waals surface area contributed by atoms with Gasteiger partial charge in [-0.05, 0) is 37.6 Å². The quantitative estimate of drug-likeness (QED) is 0.301. The van der Waals surface area contributed by atoms with Gasteiger partial charge in [-0.15, -0.1) is 0 Å². The van der Waals surface area contributed by atoms with E-state index in [0.29, 0.717) is 26.3 Å². The number of hydrogen-bond acceptors (Lipinski definition) is 5. The summed E-state index contributed by atoms with van der Waals surface area (Å²) in [7, 11) is 0. The zero-order chi connectivity index (χ0) is 20.5. The molecule has 1 saturated heterocycles. The summed E-state index contributed by atoms with van der Waals surface area (Å²) in [5.74, 6) is 1.10. The molecule has 6 heteroatoms. The van der Waals surface area contributed by atoms with Crippen LogP contribution < -0.4 is 4.90 Å². The number of carbonyl (C=O) groups is 2. The molecule has 1 aromatic heterocycles. The first-order valence-electron chi connectivity index (χ1n) is 8.99. The number of furan rings is 1. The summed E-state index contributed by atoms with van der Waals surface area (Å²) in [5.41, 5.74) is 3.30. The van der Waals surface area contributed by atoms with Crippen molar-refractivity contribution < 1.29 is 14.0 Å². The van der Waals surface area contributed by atoms with Crippen molar-refractivity contribution in [1.82, 2.24) is 0 Å². The Bertz CT molecular complexity index is 1160. The molecule has 0 spiro atoms. The Hall–Kier alpha value is -2.96. The molecule has 0 unspecified atom stereocenters. The van der Waals surface area contributed by atoms with Gasteiger partial charge in [0.15, 0.2) is 10.1 Å². The number of para-hydroxylation sites is 1. The standard InChI is InChI=1S/C23H17NO3S2/c1-14-5-3-4-6-19(14)24-22(26)21(29-23(24)28)13-18-11-12-20(27-18)17-9-7-16(8-10-17)15(2)25/h3-13H,1-2H3/b21-13+. The normalized spacial score (nSPS) is 15.4. The maximum atomic E-state index is 12.9. The second-order valence-electron chi connectivity index (χ2n) is 6.64. The number of ketones is 1. The molecule has 29 heavy (non-hydrogen) atoms. The van der Waals surface area contributed by atoms with Gasteiger partial charge in [-0.2, -0.15) is 0 Å². The zero-order valence-corrected chi connectivity index (χ0v) is 17.5. The minimum absolute atomic E-state index is 0.0207. The lowest BCUT2D eigenvalue weighted by Gasteiger charge is -2.16. The second kappa shape index (κ2) is 7.81. The van der Waals surface area contributed by atoms with Crippen LogP contribution in [0.3, 0.4) is 0 Å². The van der Waals surface area contributed by atoms with Crippen molar-refractivity contribution in [2.75, 3.05) is 4.90 Å². The van der Waals surface area contributed by atoms with E-state index in [-0.39, 0.29) is 11.7 Å². The van der Waals surface area contributed by atoms with Crippen LogP contribution in [0, 0.1) is 6.92 Å². The summed E-state index contributed by atoms with van der Waals surface area (Å²) >= 11 is 6.70. The van der Waals surface area contributed by atoms with Crippen molar-refractivity contribution in [3.05, 3.63) is 82.5 Å². The molecular weight excluding hydrogens is 402 g/mol. The molecule has 0 N–H and O–H groups in total. The molecule has 1 aliphatic rings. The van der Waals surface area contributed by atoms with Crippen LogP contribution in [-0.2, 0) is 4.79 Å². The van der Waals surface area contributed by atoms with E-state index in [1.165, 1.54) is 18.7 Å². The van der Waals surface area contributed by atoms with Gasteiger partial charge in [-0.3, -0.25) is 14.5 Å². The monoisotopic (exact) mass is 419 g/mol. The summed E-state index contributed by atoms with van der Waals surface area (Å²) in [4.78, 5) is 26.4. The fourth-order valence-corrected chi connectivity index (χ4v) is 4.34. The first-order chi connectivity index (χ1) is 13.9. The molecule has 2 heterocycles. The third kappa shape index (κ3) is 3.81. The van der Waals surface area contributed by atoms with Crippen molar-refractivity contribution in [3.8, 4) is 11.3 Å². The minimum Gasteiger partial charge on any atom is -0.457 e. The van der Waals surface area contributed by atoms with E-state index in [0.717, 1.165) is 16.8 Å². The van der Waals surface area contributed by atoms with Gasteiger partial charge < -0.3 is 4.42 Å². The zero-order valence-electron chi connectivity index (χ0n) is 15.8. The first-order valence-corrected chi connectivity index (χ1v) is 10.2. The Morgan fingerprint density at radius 3 is 2.48 bits per heavy atom. The molecule has 1 amide bonds. The van der Waals surface area contributed by atoms with E-state index in [4.69, 9.17) is 16.6 Å². The van der Waals surface area contributed by atoms with Gasteiger partial charge in [0.05, 0.1) is 10.6 Å². The highest BCUT2D eigenvalue weighted by Crippen LogP contribution is 2.37. The average molecular weight is 420 g/mol. The summed E-state index contributed by atoms with van der Waals surface area (Å²) in [5, 5.41) is 0. The van der Waals surface area contributed by atoms with Crippen molar-refractivity contribution in [1.29, 1.82) is 0 Å². The Labute approximate surface area is 178 Å². The van der Waals surface area contributed by atoms with E-state index < -0.39 is 0 Å². The molecule has 2 aromatic carbocycles. The summed E-state index contributed by atoms with van der Waals surface area (Å²) in [6, 6.07) is 18.5. The maximum Gasteiger partial charge on any atom is 0.270 e. The van der Waals surface area contributed by atoms with Gasteiger partial charge in [0.25, 0.3) is 5.91 Å². The van der Waals surface area contributed by atoms with Crippen LogP contribution in [0.5, 0.6) is 0 Å². The lowest BCUT2D eigenvalue weighted by atomic mass is 10.1. The van der Waals surface area contributed by atoms with E-state index in [2.05, 4.69) is 0 Å². The maximum absolute atomic E-state index is 12.9. The smallest absolute Gasteiger partial charge is 0.270 e. The van der Waals surface area contributed by atoms with Crippen LogP contribution in [0.15, 0.2) is 70.0 Å². The third-order valence-electron chi connectivity index (χ3n) is 4.63. The summed E-state index contributed by atoms with van der Waals surface area (Å²) in [6.07, 6.45) is 1.71. The average Bonchev–Trinajstić information content (AvgIpc) is 3.27. The molecule has 0 atom stereocenters. The first kappa shape index (κ1) is 19.4. The molecule has 1 aliphatic heterocycles. The summed E-state index contributed by atoms with van der Waals surface area (Å²) < 4.78 is 6.39. The number of anilines is 1. The lowest BCUT2D eigenvalue weighted by molar-refractivity contribution is -0.113. The van der Waals surface area contributed by atoms with Crippen LogP contribution >= 0.6 is 24.0 Å². The van der Waals surface area contributed by atoms with Gasteiger partial charge in [0.2, 0.25) is 0 Å². The van der Waals surface area contributed by atoms with Crippen LogP contribution in [0.4, 0.5) is 5.69 Å². The van der Waals surface area contributed by atoms with E-state index in [9.17, 15) is 9.59 Å². The van der Waals surface area contributed by atoms with Gasteiger partial charge in [0, 0.05) is 17.2 Å². The number of amides is 1. The topological polar surface area (TPSA) is 50.5 Å². The molecular formula is C23H17NO3S2.